The summed E-state index contributed by atoms with van der Waals surface area (Å²) in [4.78, 5) is 12.7. The van der Waals surface area contributed by atoms with Crippen LogP contribution in [0.1, 0.15) is 81.4 Å². The van der Waals surface area contributed by atoms with Crippen molar-refractivity contribution in [3.8, 4) is 0 Å². The van der Waals surface area contributed by atoms with Gasteiger partial charge in [-0.05, 0) is 65.4 Å². The number of aromatic nitrogens is 2. The third kappa shape index (κ3) is 3.03. The van der Waals surface area contributed by atoms with E-state index >= 15 is 0 Å². The molecule has 1 aliphatic carbocycles. The van der Waals surface area contributed by atoms with E-state index in [-0.39, 0.29) is 11.4 Å². The molecule has 3 aliphatic rings. The molecule has 126 valence electrons. The lowest BCUT2D eigenvalue weighted by Crippen LogP contribution is -2.48. The maximum Gasteiger partial charge on any atom is 0.272 e. The number of fused-ring (bicyclic) bond motifs is 2. The quantitative estimate of drug-likeness (QED) is 0.901. The van der Waals surface area contributed by atoms with Crippen LogP contribution in [0.15, 0.2) is 6.07 Å². The molecule has 5 nitrogen and oxygen atoms in total. The van der Waals surface area contributed by atoms with Crippen molar-refractivity contribution in [2.24, 2.45) is 0 Å². The van der Waals surface area contributed by atoms with Crippen LogP contribution in [0, 0.1) is 0 Å². The van der Waals surface area contributed by atoms with Gasteiger partial charge >= 0.3 is 0 Å². The molecule has 2 saturated heterocycles. The van der Waals surface area contributed by atoms with E-state index in [1.807, 2.05) is 6.07 Å². The zero-order valence-electron chi connectivity index (χ0n) is 14.4. The first-order valence-electron chi connectivity index (χ1n) is 9.07. The van der Waals surface area contributed by atoms with Gasteiger partial charge in [0.1, 0.15) is 5.69 Å². The molecule has 23 heavy (non-hydrogen) atoms. The van der Waals surface area contributed by atoms with Crippen molar-refractivity contribution < 1.29 is 4.79 Å². The van der Waals surface area contributed by atoms with Gasteiger partial charge in [-0.25, -0.2) is 0 Å². The minimum absolute atomic E-state index is 0.00111. The maximum absolute atomic E-state index is 12.7. The molecule has 3 fully saturated rings. The van der Waals surface area contributed by atoms with Crippen LogP contribution in [0.25, 0.3) is 0 Å². The summed E-state index contributed by atoms with van der Waals surface area (Å²) in [5.74, 6) is 0.596. The van der Waals surface area contributed by atoms with E-state index in [1.165, 1.54) is 31.4 Å². The summed E-state index contributed by atoms with van der Waals surface area (Å²) in [6.45, 7) is 6.45. The first-order chi connectivity index (χ1) is 10.9. The molecular formula is C18H28N4O. The van der Waals surface area contributed by atoms with Gasteiger partial charge in [0.05, 0.1) is 5.54 Å². The van der Waals surface area contributed by atoms with E-state index in [2.05, 4.69) is 41.2 Å². The summed E-state index contributed by atoms with van der Waals surface area (Å²) in [5.41, 5.74) is 1.74. The lowest BCUT2D eigenvalue weighted by molar-refractivity contribution is 0.0917. The second-order valence-electron chi connectivity index (χ2n) is 8.59. The minimum Gasteiger partial charge on any atom is -0.348 e. The fourth-order valence-electron chi connectivity index (χ4n) is 4.15. The van der Waals surface area contributed by atoms with Crippen LogP contribution in [0.5, 0.6) is 0 Å². The van der Waals surface area contributed by atoms with Crippen molar-refractivity contribution >= 4 is 5.91 Å². The molecule has 1 aromatic heterocycles. The third-order valence-electron chi connectivity index (χ3n) is 5.41. The van der Waals surface area contributed by atoms with Crippen molar-refractivity contribution in [1.29, 1.82) is 0 Å². The number of hydrogen-bond acceptors (Lipinski definition) is 3. The second kappa shape index (κ2) is 5.33. The van der Waals surface area contributed by atoms with Gasteiger partial charge in [-0.3, -0.25) is 9.48 Å². The molecule has 0 aromatic carbocycles. The van der Waals surface area contributed by atoms with Crippen molar-refractivity contribution in [3.63, 3.8) is 0 Å². The number of nitrogens with zero attached hydrogens (tertiary/aromatic N) is 2. The normalized spacial score (nSPS) is 30.5. The third-order valence-corrected chi connectivity index (χ3v) is 5.41. The first-order valence-corrected chi connectivity index (χ1v) is 9.07. The standard InChI is InChI=1S/C18H28N4O/c1-18(2,3)22-16(11-4-5-11)10-15(21-22)17(23)20-14-8-12-6-7-13(9-14)19-12/h10-14,19H,4-9H2,1-3H3,(H,20,23). The Bertz CT molecular complexity index is 599. The Hall–Kier alpha value is -1.36. The maximum atomic E-state index is 12.7. The molecule has 1 amide bonds. The van der Waals surface area contributed by atoms with E-state index in [0.717, 1.165) is 12.8 Å². The number of hydrogen-bond donors (Lipinski definition) is 2. The number of piperidine rings is 1. The van der Waals surface area contributed by atoms with Gasteiger partial charge < -0.3 is 10.6 Å². The van der Waals surface area contributed by atoms with E-state index in [1.54, 1.807) is 0 Å². The number of amides is 1. The van der Waals surface area contributed by atoms with Crippen LogP contribution in [0.2, 0.25) is 0 Å². The number of carbonyl (C=O) groups is 1. The Morgan fingerprint density at radius 2 is 1.87 bits per heavy atom. The van der Waals surface area contributed by atoms with E-state index in [9.17, 15) is 4.79 Å². The van der Waals surface area contributed by atoms with E-state index < -0.39 is 0 Å². The highest BCUT2D eigenvalue weighted by molar-refractivity contribution is 5.92. The molecular weight excluding hydrogens is 288 g/mol. The summed E-state index contributed by atoms with van der Waals surface area (Å²) >= 11 is 0. The Labute approximate surface area is 138 Å². The smallest absolute Gasteiger partial charge is 0.272 e. The van der Waals surface area contributed by atoms with Gasteiger partial charge in [0.2, 0.25) is 0 Å². The van der Waals surface area contributed by atoms with Gasteiger partial charge in [-0.1, -0.05) is 0 Å². The van der Waals surface area contributed by atoms with Gasteiger partial charge in [-0.2, -0.15) is 5.10 Å². The van der Waals surface area contributed by atoms with Crippen LogP contribution in [-0.4, -0.2) is 33.8 Å². The second-order valence-corrected chi connectivity index (χ2v) is 8.59. The van der Waals surface area contributed by atoms with Gasteiger partial charge in [0.25, 0.3) is 5.91 Å². The van der Waals surface area contributed by atoms with Crippen LogP contribution < -0.4 is 10.6 Å². The largest absolute Gasteiger partial charge is 0.348 e. The SMILES string of the molecule is CC(C)(C)n1nc(C(=O)NC2CC3CCC(C2)N3)cc1C1CC1. The molecule has 2 atom stereocenters. The fraction of sp³-hybridized carbons (Fsp3) is 0.778. The summed E-state index contributed by atoms with van der Waals surface area (Å²) < 4.78 is 2.06. The van der Waals surface area contributed by atoms with Gasteiger partial charge in [0.15, 0.2) is 0 Å². The average Bonchev–Trinajstić information content (AvgIpc) is 3.11. The van der Waals surface area contributed by atoms with E-state index in [0.29, 0.717) is 29.7 Å². The topological polar surface area (TPSA) is 59.0 Å². The first kappa shape index (κ1) is 15.2. The Balaban J connectivity index is 1.50. The van der Waals surface area contributed by atoms with Crippen LogP contribution in [0.3, 0.4) is 0 Å². The summed E-state index contributed by atoms with van der Waals surface area (Å²) in [7, 11) is 0. The molecule has 2 aliphatic heterocycles. The number of carbonyl (C=O) groups excluding carboxylic acids is 1. The predicted molar refractivity (Wildman–Crippen MR) is 89.6 cm³/mol. The minimum atomic E-state index is -0.0790. The Kier molecular flexibility index (Phi) is 3.52. The summed E-state index contributed by atoms with van der Waals surface area (Å²) in [6.07, 6.45) is 7.05. The van der Waals surface area contributed by atoms with Crippen molar-refractivity contribution in [3.05, 3.63) is 17.5 Å². The Morgan fingerprint density at radius 1 is 1.22 bits per heavy atom. The highest BCUT2D eigenvalue weighted by atomic mass is 16.2. The molecule has 5 heteroatoms. The molecule has 3 heterocycles. The molecule has 1 aromatic rings. The highest BCUT2D eigenvalue weighted by Crippen LogP contribution is 2.41. The molecule has 0 radical (unpaired) electrons. The fourth-order valence-corrected chi connectivity index (χ4v) is 4.15. The van der Waals surface area contributed by atoms with Gasteiger partial charge in [-0.15, -0.1) is 0 Å². The molecule has 2 N–H and O–H groups in total. The van der Waals surface area contributed by atoms with Crippen LogP contribution in [-0.2, 0) is 5.54 Å². The van der Waals surface area contributed by atoms with Crippen LogP contribution in [0.4, 0.5) is 0 Å². The zero-order chi connectivity index (χ0) is 16.2. The Morgan fingerprint density at radius 3 is 2.43 bits per heavy atom. The zero-order valence-corrected chi connectivity index (χ0v) is 14.4. The lowest BCUT2D eigenvalue weighted by Gasteiger charge is -2.29. The molecule has 1 saturated carbocycles. The average molecular weight is 316 g/mol. The summed E-state index contributed by atoms with van der Waals surface area (Å²) in [6, 6.07) is 3.50. The number of rotatable bonds is 3. The van der Waals surface area contributed by atoms with Gasteiger partial charge in [0, 0.05) is 29.7 Å². The van der Waals surface area contributed by atoms with Crippen LogP contribution >= 0.6 is 0 Å². The van der Waals surface area contributed by atoms with Crippen molar-refractivity contribution in [2.45, 2.75) is 88.9 Å². The molecule has 4 rings (SSSR count). The molecule has 2 bridgehead atoms. The lowest BCUT2D eigenvalue weighted by atomic mass is 10.00. The molecule has 2 unspecified atom stereocenters. The van der Waals surface area contributed by atoms with E-state index in [4.69, 9.17) is 0 Å². The summed E-state index contributed by atoms with van der Waals surface area (Å²) in [5, 5.41) is 11.5. The monoisotopic (exact) mass is 316 g/mol. The highest BCUT2D eigenvalue weighted by Gasteiger charge is 2.36. The molecule has 0 spiro atoms. The predicted octanol–water partition coefficient (Wildman–Crippen LogP) is 2.53. The van der Waals surface area contributed by atoms with Crippen molar-refractivity contribution in [2.75, 3.05) is 0 Å². The number of nitrogens with one attached hydrogen (secondary N) is 2. The van der Waals surface area contributed by atoms with Crippen molar-refractivity contribution in [1.82, 2.24) is 20.4 Å².